The fourth-order valence-corrected chi connectivity index (χ4v) is 4.77. The largest absolute Gasteiger partial charge is 0.480 e. The van der Waals surface area contributed by atoms with Crippen molar-refractivity contribution in [3.63, 3.8) is 0 Å². The first-order chi connectivity index (χ1) is 12.8. The molecule has 0 amide bonds. The minimum Gasteiger partial charge on any atom is -0.480 e. The smallest absolute Gasteiger partial charge is 0.416 e. The quantitative estimate of drug-likeness (QED) is 0.739. The number of carboxylic acids is 1. The average Bonchev–Trinajstić information content (AvgIpc) is 3.10. The summed E-state index contributed by atoms with van der Waals surface area (Å²) in [4.78, 5) is 15.7. The Bertz CT molecular complexity index is 803. The maximum absolute atomic E-state index is 13.2. The number of benzene rings is 1. The molecule has 27 heavy (non-hydrogen) atoms. The Morgan fingerprint density at radius 2 is 2.07 bits per heavy atom. The van der Waals surface area contributed by atoms with Crippen LogP contribution in [0.25, 0.3) is 0 Å². The van der Waals surface area contributed by atoms with Gasteiger partial charge in [0, 0.05) is 9.75 Å². The number of carboxylic acid groups (broad SMARTS) is 1. The molecule has 0 bridgehead atoms. The third-order valence-electron chi connectivity index (χ3n) is 4.99. The van der Waals surface area contributed by atoms with Crippen LogP contribution in [0.2, 0.25) is 0 Å². The molecule has 146 valence electrons. The number of carbonyl (C=O) groups is 1. The molecule has 1 aliphatic heterocycles. The molecule has 1 aromatic carbocycles. The van der Waals surface area contributed by atoms with Crippen LogP contribution in [0, 0.1) is 0 Å². The highest BCUT2D eigenvalue weighted by Crippen LogP contribution is 2.39. The predicted octanol–water partition coefficient (Wildman–Crippen LogP) is 5.36. The topological polar surface area (TPSA) is 40.5 Å². The lowest BCUT2D eigenvalue weighted by molar-refractivity contribution is -0.145. The summed E-state index contributed by atoms with van der Waals surface area (Å²) in [5.41, 5.74) is -0.219. The van der Waals surface area contributed by atoms with Crippen LogP contribution in [0.1, 0.15) is 53.1 Å². The van der Waals surface area contributed by atoms with Gasteiger partial charge in [0.05, 0.1) is 11.6 Å². The molecular formula is C20H22F3NO2S. The third-order valence-corrected chi connectivity index (χ3v) is 6.27. The van der Waals surface area contributed by atoms with E-state index in [1.165, 1.54) is 6.07 Å². The number of hydrogen-bond acceptors (Lipinski definition) is 3. The van der Waals surface area contributed by atoms with Crippen molar-refractivity contribution in [2.24, 2.45) is 0 Å². The highest BCUT2D eigenvalue weighted by Gasteiger charge is 2.37. The van der Waals surface area contributed by atoms with Crippen LogP contribution in [0.4, 0.5) is 13.2 Å². The van der Waals surface area contributed by atoms with Gasteiger partial charge >= 0.3 is 12.1 Å². The van der Waals surface area contributed by atoms with Crippen molar-refractivity contribution in [3.8, 4) is 0 Å². The summed E-state index contributed by atoms with van der Waals surface area (Å²) in [6.45, 7) is 2.58. The minimum atomic E-state index is -4.43. The monoisotopic (exact) mass is 397 g/mol. The fraction of sp³-hybridized carbons (Fsp3) is 0.450. The Morgan fingerprint density at radius 3 is 2.70 bits per heavy atom. The lowest BCUT2D eigenvalue weighted by atomic mass is 9.94. The zero-order chi connectivity index (χ0) is 19.6. The Labute approximate surface area is 160 Å². The van der Waals surface area contributed by atoms with Gasteiger partial charge < -0.3 is 5.11 Å². The number of likely N-dealkylation sites (tertiary alicyclic amines) is 1. The van der Waals surface area contributed by atoms with Crippen molar-refractivity contribution < 1.29 is 23.1 Å². The first-order valence-electron chi connectivity index (χ1n) is 9.05. The number of piperidine rings is 1. The van der Waals surface area contributed by atoms with Gasteiger partial charge in [-0.1, -0.05) is 25.5 Å². The van der Waals surface area contributed by atoms with Crippen LogP contribution in [0.15, 0.2) is 36.4 Å². The van der Waals surface area contributed by atoms with Gasteiger partial charge in [-0.25, -0.2) is 0 Å². The Balaban J connectivity index is 2.09. The van der Waals surface area contributed by atoms with Gasteiger partial charge in [-0.05, 0) is 55.6 Å². The van der Waals surface area contributed by atoms with Crippen LogP contribution in [0.5, 0.6) is 0 Å². The van der Waals surface area contributed by atoms with E-state index in [9.17, 15) is 23.1 Å². The molecule has 0 aliphatic carbocycles. The molecule has 2 aromatic rings. The normalized spacial score (nSPS) is 19.8. The van der Waals surface area contributed by atoms with E-state index in [4.69, 9.17) is 0 Å². The van der Waals surface area contributed by atoms with E-state index in [-0.39, 0.29) is 0 Å². The molecule has 3 rings (SSSR count). The highest BCUT2D eigenvalue weighted by molar-refractivity contribution is 7.12. The van der Waals surface area contributed by atoms with Gasteiger partial charge in [-0.2, -0.15) is 13.2 Å². The molecule has 1 aliphatic rings. The van der Waals surface area contributed by atoms with Crippen molar-refractivity contribution >= 4 is 17.3 Å². The van der Waals surface area contributed by atoms with Crippen molar-refractivity contribution in [3.05, 3.63) is 57.3 Å². The highest BCUT2D eigenvalue weighted by atomic mass is 32.1. The second-order valence-electron chi connectivity index (χ2n) is 6.77. The summed E-state index contributed by atoms with van der Waals surface area (Å²) >= 11 is 1.54. The van der Waals surface area contributed by atoms with E-state index in [0.717, 1.165) is 41.1 Å². The number of halogens is 3. The summed E-state index contributed by atoms with van der Waals surface area (Å²) in [6, 6.07) is 7.99. The number of rotatable bonds is 5. The maximum atomic E-state index is 13.2. The molecule has 2 unspecified atom stereocenters. The molecule has 1 saturated heterocycles. The molecule has 1 fully saturated rings. The molecule has 7 heteroatoms. The van der Waals surface area contributed by atoms with Crippen LogP contribution < -0.4 is 0 Å². The summed E-state index contributed by atoms with van der Waals surface area (Å²) in [6.07, 6.45) is -1.43. The standard InChI is InChI=1S/C20H22F3NO2S/c1-2-15-9-10-17(27-15)18(24-11-4-3-8-16(24)19(25)26)13-6-5-7-14(12-13)20(21,22)23/h5-7,9-10,12,16,18H,2-4,8,11H2,1H3,(H,25,26). The van der Waals surface area contributed by atoms with Gasteiger partial charge in [-0.15, -0.1) is 11.3 Å². The van der Waals surface area contributed by atoms with E-state index in [0.29, 0.717) is 18.5 Å². The molecule has 1 aromatic heterocycles. The summed E-state index contributed by atoms with van der Waals surface area (Å²) in [5.74, 6) is -0.918. The molecule has 0 spiro atoms. The number of hydrogen-bond donors (Lipinski definition) is 1. The molecule has 2 atom stereocenters. The van der Waals surface area contributed by atoms with Crippen molar-refractivity contribution in [2.45, 2.75) is 50.9 Å². The Kier molecular flexibility index (Phi) is 5.91. The van der Waals surface area contributed by atoms with E-state index in [1.807, 2.05) is 24.0 Å². The van der Waals surface area contributed by atoms with Gasteiger partial charge in [0.1, 0.15) is 6.04 Å². The third kappa shape index (κ3) is 4.35. The number of alkyl halides is 3. The minimum absolute atomic E-state index is 0.487. The second kappa shape index (κ2) is 8.02. The Hall–Kier alpha value is -1.86. The summed E-state index contributed by atoms with van der Waals surface area (Å²) in [5, 5.41) is 9.67. The predicted molar refractivity (Wildman–Crippen MR) is 99.0 cm³/mol. The van der Waals surface area contributed by atoms with Crippen LogP contribution >= 0.6 is 11.3 Å². The SMILES string of the molecule is CCc1ccc(C(c2cccc(C(F)(F)F)c2)N2CCCCC2C(=O)O)s1. The number of aryl methyl sites for hydroxylation is 1. The first kappa shape index (κ1) is 19.9. The molecule has 1 N–H and O–H groups in total. The molecule has 0 radical (unpaired) electrons. The summed E-state index contributed by atoms with van der Waals surface area (Å²) < 4.78 is 39.7. The Morgan fingerprint density at radius 1 is 1.30 bits per heavy atom. The fourth-order valence-electron chi connectivity index (χ4n) is 3.66. The second-order valence-corrected chi connectivity index (χ2v) is 7.97. The summed E-state index contributed by atoms with van der Waals surface area (Å²) in [7, 11) is 0. The van der Waals surface area contributed by atoms with E-state index in [1.54, 1.807) is 17.4 Å². The number of thiophene rings is 1. The van der Waals surface area contributed by atoms with Crippen molar-refractivity contribution in [1.82, 2.24) is 4.90 Å². The van der Waals surface area contributed by atoms with E-state index >= 15 is 0 Å². The molecule has 2 heterocycles. The average molecular weight is 397 g/mol. The lowest BCUT2D eigenvalue weighted by Crippen LogP contribution is -2.46. The maximum Gasteiger partial charge on any atom is 0.416 e. The van der Waals surface area contributed by atoms with Crippen LogP contribution in [0.3, 0.4) is 0 Å². The van der Waals surface area contributed by atoms with Crippen LogP contribution in [-0.4, -0.2) is 28.6 Å². The zero-order valence-corrected chi connectivity index (χ0v) is 15.8. The van der Waals surface area contributed by atoms with Crippen molar-refractivity contribution in [2.75, 3.05) is 6.54 Å². The number of nitrogens with zero attached hydrogens (tertiary/aromatic N) is 1. The van der Waals surface area contributed by atoms with E-state index < -0.39 is 29.8 Å². The molecular weight excluding hydrogens is 375 g/mol. The van der Waals surface area contributed by atoms with Crippen LogP contribution in [-0.2, 0) is 17.4 Å². The van der Waals surface area contributed by atoms with Gasteiger partial charge in [0.15, 0.2) is 0 Å². The lowest BCUT2D eigenvalue weighted by Gasteiger charge is -2.39. The molecule has 0 saturated carbocycles. The molecule has 3 nitrogen and oxygen atoms in total. The number of aliphatic carboxylic acids is 1. The van der Waals surface area contributed by atoms with Gasteiger partial charge in [0.2, 0.25) is 0 Å². The van der Waals surface area contributed by atoms with Crippen molar-refractivity contribution in [1.29, 1.82) is 0 Å². The van der Waals surface area contributed by atoms with Gasteiger partial charge in [-0.3, -0.25) is 9.69 Å². The van der Waals surface area contributed by atoms with Gasteiger partial charge in [0.25, 0.3) is 0 Å². The first-order valence-corrected chi connectivity index (χ1v) is 9.87. The zero-order valence-electron chi connectivity index (χ0n) is 15.0. The van der Waals surface area contributed by atoms with E-state index in [2.05, 4.69) is 0 Å².